The zero-order valence-electron chi connectivity index (χ0n) is 20.4. The minimum absolute atomic E-state index is 0.0323. The highest BCUT2D eigenvalue weighted by Crippen LogP contribution is 2.32. The molecule has 0 spiro atoms. The number of aliphatic imine (C=N–C) groups is 1. The summed E-state index contributed by atoms with van der Waals surface area (Å²) in [6.45, 7) is 2.07. The lowest BCUT2D eigenvalue weighted by Crippen LogP contribution is -2.09. The lowest BCUT2D eigenvalue weighted by atomic mass is 9.92. The van der Waals surface area contributed by atoms with Gasteiger partial charge in [0.2, 0.25) is 5.91 Å². The largest absolute Gasteiger partial charge is 0.496 e. The number of nitrogens with one attached hydrogen (secondary N) is 1. The van der Waals surface area contributed by atoms with Gasteiger partial charge in [-0.05, 0) is 60.6 Å². The Morgan fingerprint density at radius 2 is 1.91 bits per heavy atom. The molecule has 0 fully saturated rings. The SMILES string of the molecule is CN=C(c1ccc2c(c1)NC(=O)C2)c1c(C)cnc2cc(OC)c(CCCc3ccccc3)cc12. The Hall–Kier alpha value is -3.99. The number of ether oxygens (including phenoxy) is 1. The number of carbonyl (C=O) groups is 1. The number of aromatic nitrogens is 1. The lowest BCUT2D eigenvalue weighted by Gasteiger charge is -2.16. The van der Waals surface area contributed by atoms with Crippen molar-refractivity contribution in [3.63, 3.8) is 0 Å². The Kier molecular flexibility index (Phi) is 6.32. The van der Waals surface area contributed by atoms with Crippen molar-refractivity contribution in [1.82, 2.24) is 4.98 Å². The predicted molar refractivity (Wildman–Crippen MR) is 142 cm³/mol. The number of hydrogen-bond acceptors (Lipinski definition) is 4. The highest BCUT2D eigenvalue weighted by atomic mass is 16.5. The number of carbonyl (C=O) groups excluding carboxylic acids is 1. The van der Waals surface area contributed by atoms with Gasteiger partial charge in [-0.15, -0.1) is 0 Å². The van der Waals surface area contributed by atoms with E-state index in [1.165, 1.54) is 11.1 Å². The van der Waals surface area contributed by atoms with Crippen LogP contribution in [-0.2, 0) is 24.1 Å². The molecule has 1 amide bonds. The molecular formula is C30H29N3O2. The van der Waals surface area contributed by atoms with Crippen LogP contribution in [-0.4, -0.2) is 30.8 Å². The number of benzene rings is 3. The lowest BCUT2D eigenvalue weighted by molar-refractivity contribution is -0.115. The summed E-state index contributed by atoms with van der Waals surface area (Å²) < 4.78 is 5.75. The molecule has 1 aliphatic heterocycles. The number of methoxy groups -OCH3 is 1. The summed E-state index contributed by atoms with van der Waals surface area (Å²) in [6.07, 6.45) is 5.28. The minimum atomic E-state index is 0.0323. The van der Waals surface area contributed by atoms with Gasteiger partial charge in [-0.2, -0.15) is 0 Å². The normalized spacial score (nSPS) is 13.1. The van der Waals surface area contributed by atoms with Crippen molar-refractivity contribution in [2.24, 2.45) is 4.99 Å². The molecule has 0 bridgehead atoms. The number of aryl methyl sites for hydroxylation is 3. The smallest absolute Gasteiger partial charge is 0.228 e. The number of pyridine rings is 1. The zero-order chi connectivity index (χ0) is 24.4. The Bertz CT molecular complexity index is 1440. The Labute approximate surface area is 205 Å². The van der Waals surface area contributed by atoms with Gasteiger partial charge in [0.1, 0.15) is 5.75 Å². The molecule has 3 aromatic carbocycles. The highest BCUT2D eigenvalue weighted by Gasteiger charge is 2.21. The van der Waals surface area contributed by atoms with Crippen LogP contribution in [0.15, 0.2) is 71.9 Å². The monoisotopic (exact) mass is 463 g/mol. The van der Waals surface area contributed by atoms with E-state index in [1.54, 1.807) is 7.11 Å². The first-order chi connectivity index (χ1) is 17.1. The van der Waals surface area contributed by atoms with Crippen molar-refractivity contribution in [2.45, 2.75) is 32.6 Å². The van der Waals surface area contributed by atoms with Gasteiger partial charge in [-0.25, -0.2) is 0 Å². The number of fused-ring (bicyclic) bond motifs is 2. The second-order valence-corrected chi connectivity index (χ2v) is 9.01. The van der Waals surface area contributed by atoms with Crippen LogP contribution in [0.1, 0.15) is 39.8 Å². The molecule has 0 aliphatic carbocycles. The van der Waals surface area contributed by atoms with Crippen molar-refractivity contribution >= 4 is 28.2 Å². The van der Waals surface area contributed by atoms with Crippen LogP contribution < -0.4 is 10.1 Å². The molecule has 176 valence electrons. The first-order valence-electron chi connectivity index (χ1n) is 12.0. The van der Waals surface area contributed by atoms with Crippen LogP contribution in [0.25, 0.3) is 10.9 Å². The predicted octanol–water partition coefficient (Wildman–Crippen LogP) is 5.69. The van der Waals surface area contributed by atoms with E-state index in [4.69, 9.17) is 14.7 Å². The average Bonchev–Trinajstić information content (AvgIpc) is 3.25. The van der Waals surface area contributed by atoms with Gasteiger partial charge in [-0.1, -0.05) is 42.5 Å². The van der Waals surface area contributed by atoms with Crippen LogP contribution in [0.5, 0.6) is 5.75 Å². The summed E-state index contributed by atoms with van der Waals surface area (Å²) in [4.78, 5) is 21.3. The Morgan fingerprint density at radius 1 is 1.09 bits per heavy atom. The first-order valence-corrected chi connectivity index (χ1v) is 12.0. The van der Waals surface area contributed by atoms with Crippen molar-refractivity contribution < 1.29 is 9.53 Å². The summed E-state index contributed by atoms with van der Waals surface area (Å²) >= 11 is 0. The third-order valence-electron chi connectivity index (χ3n) is 6.68. The van der Waals surface area contributed by atoms with E-state index in [0.717, 1.165) is 69.6 Å². The topological polar surface area (TPSA) is 63.6 Å². The van der Waals surface area contributed by atoms with Gasteiger partial charge >= 0.3 is 0 Å². The van der Waals surface area contributed by atoms with Gasteiger partial charge in [-0.3, -0.25) is 14.8 Å². The van der Waals surface area contributed by atoms with Gasteiger partial charge in [0.15, 0.2) is 0 Å². The van der Waals surface area contributed by atoms with E-state index in [9.17, 15) is 4.79 Å². The molecule has 0 unspecified atom stereocenters. The fourth-order valence-corrected chi connectivity index (χ4v) is 4.94. The number of amides is 1. The van der Waals surface area contributed by atoms with Crippen LogP contribution >= 0.6 is 0 Å². The number of nitrogens with zero attached hydrogens (tertiary/aromatic N) is 2. The fourth-order valence-electron chi connectivity index (χ4n) is 4.94. The molecule has 5 nitrogen and oxygen atoms in total. The van der Waals surface area contributed by atoms with Crippen molar-refractivity contribution in [3.05, 3.63) is 100 Å². The molecule has 5 heteroatoms. The van der Waals surface area contributed by atoms with E-state index in [2.05, 4.69) is 54.7 Å². The number of anilines is 1. The standard InChI is InChI=1S/C30H29N3O2/c1-19-18-32-26-17-27(35-3)22(11-7-10-20-8-5-4-6-9-20)14-24(26)29(19)30(31-2)23-13-12-21-16-28(34)33-25(21)15-23/h4-6,8-9,12-15,17-18H,7,10-11,16H2,1-3H3,(H,33,34). The first kappa shape index (κ1) is 22.8. The highest BCUT2D eigenvalue weighted by molar-refractivity contribution is 6.20. The molecular weight excluding hydrogens is 434 g/mol. The third-order valence-corrected chi connectivity index (χ3v) is 6.68. The van der Waals surface area contributed by atoms with Crippen molar-refractivity contribution in [1.29, 1.82) is 0 Å². The quantitative estimate of drug-likeness (QED) is 0.358. The fraction of sp³-hybridized carbons (Fsp3) is 0.233. The maximum absolute atomic E-state index is 11.9. The maximum Gasteiger partial charge on any atom is 0.228 e. The van der Waals surface area contributed by atoms with E-state index in [-0.39, 0.29) is 5.91 Å². The molecule has 1 N–H and O–H groups in total. The van der Waals surface area contributed by atoms with E-state index >= 15 is 0 Å². The van der Waals surface area contributed by atoms with Crippen LogP contribution in [0.4, 0.5) is 5.69 Å². The molecule has 0 saturated heterocycles. The summed E-state index contributed by atoms with van der Waals surface area (Å²) in [7, 11) is 3.53. The maximum atomic E-state index is 11.9. The molecule has 35 heavy (non-hydrogen) atoms. The second kappa shape index (κ2) is 9.71. The molecule has 0 atom stereocenters. The van der Waals surface area contributed by atoms with Crippen molar-refractivity contribution in [3.8, 4) is 5.75 Å². The number of hydrogen-bond donors (Lipinski definition) is 1. The summed E-state index contributed by atoms with van der Waals surface area (Å²) in [6, 6.07) is 20.9. The van der Waals surface area contributed by atoms with Crippen LogP contribution in [0, 0.1) is 6.92 Å². The van der Waals surface area contributed by atoms with Gasteiger partial charge in [0.05, 0.1) is 24.8 Å². The minimum Gasteiger partial charge on any atom is -0.496 e. The van der Waals surface area contributed by atoms with Crippen molar-refractivity contribution in [2.75, 3.05) is 19.5 Å². The van der Waals surface area contributed by atoms with Gasteiger partial charge in [0.25, 0.3) is 0 Å². The molecule has 0 radical (unpaired) electrons. The molecule has 1 aliphatic rings. The molecule has 1 aromatic heterocycles. The van der Waals surface area contributed by atoms with Gasteiger partial charge < -0.3 is 10.1 Å². The summed E-state index contributed by atoms with van der Waals surface area (Å²) in [5.74, 6) is 0.896. The molecule has 5 rings (SSSR count). The second-order valence-electron chi connectivity index (χ2n) is 9.01. The Balaban J connectivity index is 1.54. The third kappa shape index (κ3) is 4.54. The molecule has 0 saturated carbocycles. The van der Waals surface area contributed by atoms with E-state index in [0.29, 0.717) is 6.42 Å². The van der Waals surface area contributed by atoms with E-state index < -0.39 is 0 Å². The van der Waals surface area contributed by atoms with Gasteiger partial charge in [0, 0.05) is 41.5 Å². The summed E-state index contributed by atoms with van der Waals surface area (Å²) in [5, 5.41) is 4.02. The zero-order valence-corrected chi connectivity index (χ0v) is 20.4. The van der Waals surface area contributed by atoms with Crippen LogP contribution in [0.3, 0.4) is 0 Å². The van der Waals surface area contributed by atoms with Crippen LogP contribution in [0.2, 0.25) is 0 Å². The number of rotatable bonds is 7. The average molecular weight is 464 g/mol. The molecule has 4 aromatic rings. The molecule has 2 heterocycles. The van der Waals surface area contributed by atoms with E-state index in [1.807, 2.05) is 31.4 Å². The Morgan fingerprint density at radius 3 is 2.69 bits per heavy atom. The summed E-state index contributed by atoms with van der Waals surface area (Å²) in [5.41, 5.74) is 9.27.